The third-order valence-electron chi connectivity index (χ3n) is 5.70. The highest BCUT2D eigenvalue weighted by Gasteiger charge is 2.16. The van der Waals surface area contributed by atoms with Gasteiger partial charge < -0.3 is 9.84 Å². The van der Waals surface area contributed by atoms with Crippen molar-refractivity contribution in [1.82, 2.24) is 15.5 Å². The van der Waals surface area contributed by atoms with Crippen LogP contribution in [0.15, 0.2) is 58.4 Å². The van der Waals surface area contributed by atoms with E-state index in [1.54, 1.807) is 17.4 Å². The minimum atomic E-state index is -0.243. The van der Waals surface area contributed by atoms with E-state index in [2.05, 4.69) is 39.0 Å². The Bertz CT molecular complexity index is 1220. The van der Waals surface area contributed by atoms with Crippen LogP contribution >= 0.6 is 11.3 Å². The first-order valence-electron chi connectivity index (χ1n) is 10.5. The Balaban J connectivity index is 1.23. The van der Waals surface area contributed by atoms with E-state index < -0.39 is 0 Å². The van der Waals surface area contributed by atoms with Crippen LogP contribution in [0.25, 0.3) is 22.6 Å². The molecule has 6 heteroatoms. The summed E-state index contributed by atoms with van der Waals surface area (Å²) in [4.78, 5) is 17.0. The van der Waals surface area contributed by atoms with Crippen LogP contribution in [0.1, 0.15) is 45.0 Å². The number of nitrogens with one attached hydrogen (secondary N) is 1. The average molecular weight is 430 g/mol. The van der Waals surface area contributed by atoms with Crippen molar-refractivity contribution < 1.29 is 9.32 Å². The maximum Gasteiger partial charge on any atom is 0.273 e. The van der Waals surface area contributed by atoms with Gasteiger partial charge in [-0.2, -0.15) is 0 Å². The van der Waals surface area contributed by atoms with Crippen molar-refractivity contribution in [3.8, 4) is 22.6 Å². The first-order chi connectivity index (χ1) is 15.2. The molecule has 1 amide bonds. The molecule has 5 rings (SSSR count). The number of thiazole rings is 1. The minimum Gasteiger partial charge on any atom is -0.355 e. The van der Waals surface area contributed by atoms with Crippen LogP contribution in [-0.2, 0) is 19.4 Å². The molecule has 2 aromatic carbocycles. The first kappa shape index (κ1) is 19.7. The van der Waals surface area contributed by atoms with Gasteiger partial charge in [-0.05, 0) is 55.4 Å². The molecule has 0 saturated heterocycles. The minimum absolute atomic E-state index is 0.243. The van der Waals surface area contributed by atoms with Crippen LogP contribution in [0.4, 0.5) is 0 Å². The summed E-state index contributed by atoms with van der Waals surface area (Å²) in [5.41, 5.74) is 7.14. The molecule has 1 aliphatic carbocycles. The quantitative estimate of drug-likeness (QED) is 0.449. The Hall–Kier alpha value is -3.25. The number of fused-ring (bicyclic) bond motifs is 1. The second-order valence-corrected chi connectivity index (χ2v) is 8.96. The molecule has 0 fully saturated rings. The predicted octanol–water partition coefficient (Wildman–Crippen LogP) is 5.58. The average Bonchev–Trinajstić information content (AvgIpc) is 3.47. The number of aryl methyl sites for hydroxylation is 3. The molecule has 0 radical (unpaired) electrons. The Morgan fingerprint density at radius 2 is 1.81 bits per heavy atom. The summed E-state index contributed by atoms with van der Waals surface area (Å²) in [5, 5.41) is 10.00. The molecule has 0 unspecified atom stereocenters. The van der Waals surface area contributed by atoms with Gasteiger partial charge in [-0.25, -0.2) is 4.98 Å². The summed E-state index contributed by atoms with van der Waals surface area (Å²) in [6.07, 6.45) is 4.73. The molecule has 2 aromatic heterocycles. The largest absolute Gasteiger partial charge is 0.355 e. The van der Waals surface area contributed by atoms with E-state index in [0.717, 1.165) is 40.2 Å². The molecule has 1 aliphatic rings. The zero-order chi connectivity index (χ0) is 21.2. The number of amides is 1. The number of aromatic nitrogens is 2. The van der Waals surface area contributed by atoms with Crippen LogP contribution < -0.4 is 5.32 Å². The zero-order valence-corrected chi connectivity index (χ0v) is 18.2. The summed E-state index contributed by atoms with van der Waals surface area (Å²) >= 11 is 1.64. The van der Waals surface area contributed by atoms with Gasteiger partial charge in [-0.3, -0.25) is 4.79 Å². The highest BCUT2D eigenvalue weighted by molar-refractivity contribution is 7.09. The standard InChI is InChI=1S/C25H23N3O2S/c1-16-27-23(15-31-16)19-8-6-17(7-9-19)14-26-25(29)22-13-24(30-28-22)21-11-10-18-4-2-3-5-20(18)12-21/h6-13,15H,2-5,14H2,1H3,(H,26,29). The molecule has 0 saturated carbocycles. The van der Waals surface area contributed by atoms with Gasteiger partial charge in [0.1, 0.15) is 0 Å². The second-order valence-electron chi connectivity index (χ2n) is 7.90. The third-order valence-corrected chi connectivity index (χ3v) is 6.47. The lowest BCUT2D eigenvalue weighted by molar-refractivity contribution is 0.0942. The van der Waals surface area contributed by atoms with Crippen molar-refractivity contribution in [2.45, 2.75) is 39.2 Å². The Morgan fingerprint density at radius 3 is 2.58 bits per heavy atom. The molecule has 156 valence electrons. The van der Waals surface area contributed by atoms with Gasteiger partial charge in [0.25, 0.3) is 5.91 Å². The molecule has 1 N–H and O–H groups in total. The van der Waals surface area contributed by atoms with E-state index in [4.69, 9.17) is 4.52 Å². The SMILES string of the molecule is Cc1nc(-c2ccc(CNC(=O)c3cc(-c4ccc5c(c4)CCCC5)on3)cc2)cs1. The third kappa shape index (κ3) is 4.30. The van der Waals surface area contributed by atoms with Crippen LogP contribution in [0.2, 0.25) is 0 Å². The van der Waals surface area contributed by atoms with E-state index in [-0.39, 0.29) is 5.91 Å². The summed E-state index contributed by atoms with van der Waals surface area (Å²) in [6.45, 7) is 2.43. The number of benzene rings is 2. The van der Waals surface area contributed by atoms with E-state index in [1.807, 2.05) is 31.2 Å². The van der Waals surface area contributed by atoms with Crippen molar-refractivity contribution in [3.63, 3.8) is 0 Å². The molecule has 4 aromatic rings. The van der Waals surface area contributed by atoms with Crippen molar-refractivity contribution in [2.24, 2.45) is 0 Å². The fourth-order valence-corrected chi connectivity index (χ4v) is 4.59. The molecule has 0 spiro atoms. The summed E-state index contributed by atoms with van der Waals surface area (Å²) in [6, 6.07) is 16.2. The number of carbonyl (C=O) groups is 1. The lowest BCUT2D eigenvalue weighted by atomic mass is 9.90. The monoisotopic (exact) mass is 429 g/mol. The lowest BCUT2D eigenvalue weighted by Gasteiger charge is -2.15. The normalized spacial score (nSPS) is 13.1. The molecular weight excluding hydrogens is 406 g/mol. The second kappa shape index (κ2) is 8.47. The summed E-state index contributed by atoms with van der Waals surface area (Å²) < 4.78 is 5.46. The number of nitrogens with zero attached hydrogens (tertiary/aromatic N) is 2. The van der Waals surface area contributed by atoms with Crippen LogP contribution in [0.3, 0.4) is 0 Å². The Morgan fingerprint density at radius 1 is 1.03 bits per heavy atom. The smallest absolute Gasteiger partial charge is 0.273 e. The number of hydrogen-bond donors (Lipinski definition) is 1. The maximum absolute atomic E-state index is 12.5. The van der Waals surface area contributed by atoms with Crippen molar-refractivity contribution in [2.75, 3.05) is 0 Å². The van der Waals surface area contributed by atoms with Crippen molar-refractivity contribution in [3.05, 3.63) is 81.3 Å². The highest BCUT2D eigenvalue weighted by atomic mass is 32.1. The summed E-state index contributed by atoms with van der Waals surface area (Å²) in [7, 11) is 0. The number of hydrogen-bond acceptors (Lipinski definition) is 5. The first-order valence-corrected chi connectivity index (χ1v) is 11.4. The fraction of sp³-hybridized carbons (Fsp3) is 0.240. The fourth-order valence-electron chi connectivity index (χ4n) is 3.97. The van der Waals surface area contributed by atoms with E-state index in [9.17, 15) is 4.79 Å². The van der Waals surface area contributed by atoms with Gasteiger partial charge in [-0.1, -0.05) is 41.6 Å². The lowest BCUT2D eigenvalue weighted by Crippen LogP contribution is -2.22. The van der Waals surface area contributed by atoms with Crippen molar-refractivity contribution in [1.29, 1.82) is 0 Å². The molecule has 0 atom stereocenters. The molecule has 5 nitrogen and oxygen atoms in total. The zero-order valence-electron chi connectivity index (χ0n) is 17.4. The highest BCUT2D eigenvalue weighted by Crippen LogP contribution is 2.28. The van der Waals surface area contributed by atoms with Gasteiger partial charge >= 0.3 is 0 Å². The van der Waals surface area contributed by atoms with Gasteiger partial charge in [-0.15, -0.1) is 11.3 Å². The van der Waals surface area contributed by atoms with Crippen LogP contribution in [0, 0.1) is 6.92 Å². The molecule has 0 bridgehead atoms. The molecule has 2 heterocycles. The van der Waals surface area contributed by atoms with Gasteiger partial charge in [0.05, 0.1) is 10.7 Å². The summed E-state index contributed by atoms with van der Waals surface area (Å²) in [5.74, 6) is 0.383. The maximum atomic E-state index is 12.5. The van der Waals surface area contributed by atoms with Gasteiger partial charge in [0.15, 0.2) is 11.5 Å². The molecule has 0 aliphatic heterocycles. The van der Waals surface area contributed by atoms with Crippen LogP contribution in [0.5, 0.6) is 0 Å². The van der Waals surface area contributed by atoms with Crippen LogP contribution in [-0.4, -0.2) is 16.0 Å². The van der Waals surface area contributed by atoms with Gasteiger partial charge in [0, 0.05) is 29.1 Å². The van der Waals surface area contributed by atoms with Gasteiger partial charge in [0.2, 0.25) is 0 Å². The van der Waals surface area contributed by atoms with Crippen molar-refractivity contribution >= 4 is 17.2 Å². The number of carbonyl (C=O) groups excluding carboxylic acids is 1. The number of rotatable bonds is 5. The van der Waals surface area contributed by atoms with E-state index >= 15 is 0 Å². The van der Waals surface area contributed by atoms with E-state index in [0.29, 0.717) is 18.0 Å². The Kier molecular flexibility index (Phi) is 5.38. The molecule has 31 heavy (non-hydrogen) atoms. The molecular formula is C25H23N3O2S. The Labute approximate surface area is 185 Å². The predicted molar refractivity (Wildman–Crippen MR) is 122 cm³/mol. The topological polar surface area (TPSA) is 68.0 Å². The van der Waals surface area contributed by atoms with E-state index in [1.165, 1.54) is 24.0 Å².